The van der Waals surface area contributed by atoms with E-state index in [1.165, 1.54) is 4.90 Å². The molecule has 33 heavy (non-hydrogen) atoms. The van der Waals surface area contributed by atoms with Crippen molar-refractivity contribution in [2.75, 3.05) is 11.4 Å². The molecule has 2 aromatic carbocycles. The first-order valence-corrected chi connectivity index (χ1v) is 10.3. The summed E-state index contributed by atoms with van der Waals surface area (Å²) in [6.07, 6.45) is -12.2. The minimum Gasteiger partial charge on any atom is -0.489 e. The average Bonchev–Trinajstić information content (AvgIpc) is 2.90. The van der Waals surface area contributed by atoms with Gasteiger partial charge in [0.25, 0.3) is 5.60 Å². The minimum absolute atomic E-state index is 0.0499. The third kappa shape index (κ3) is 4.80. The second-order valence-electron chi connectivity index (χ2n) is 8.24. The summed E-state index contributed by atoms with van der Waals surface area (Å²) >= 11 is 0. The summed E-state index contributed by atoms with van der Waals surface area (Å²) in [5, 5.41) is 9.78. The maximum Gasteiger partial charge on any atom is 0.430 e. The second kappa shape index (κ2) is 8.89. The molecule has 1 atom stereocenters. The number of carbonyl (C=O) groups is 1. The zero-order valence-corrected chi connectivity index (χ0v) is 17.9. The molecule has 1 amide bonds. The third-order valence-electron chi connectivity index (χ3n) is 5.54. The lowest BCUT2D eigenvalue weighted by Gasteiger charge is -2.33. The van der Waals surface area contributed by atoms with Crippen LogP contribution >= 0.6 is 0 Å². The van der Waals surface area contributed by atoms with Crippen LogP contribution in [0.1, 0.15) is 31.4 Å². The molecule has 10 heteroatoms. The molecule has 1 heterocycles. The number of alkyl halides is 6. The van der Waals surface area contributed by atoms with E-state index in [2.05, 4.69) is 0 Å². The summed E-state index contributed by atoms with van der Waals surface area (Å²) in [5.74, 6) is -0.306. The maximum absolute atomic E-state index is 13.4. The Morgan fingerprint density at radius 3 is 2.18 bits per heavy atom. The van der Waals surface area contributed by atoms with Crippen LogP contribution in [0.2, 0.25) is 0 Å². The molecule has 2 aromatic rings. The van der Waals surface area contributed by atoms with E-state index in [9.17, 15) is 36.2 Å². The highest BCUT2D eigenvalue weighted by Gasteiger charge is 2.71. The number of halogens is 6. The topological polar surface area (TPSA) is 49.8 Å². The van der Waals surface area contributed by atoms with E-state index in [4.69, 9.17) is 4.74 Å². The monoisotopic (exact) mass is 475 g/mol. The Kier molecular flexibility index (Phi) is 6.70. The van der Waals surface area contributed by atoms with E-state index in [0.717, 1.165) is 6.07 Å². The molecular weight excluding hydrogens is 452 g/mol. The first kappa shape index (κ1) is 24.9. The van der Waals surface area contributed by atoms with Gasteiger partial charge in [0.2, 0.25) is 5.91 Å². The summed E-state index contributed by atoms with van der Waals surface area (Å²) in [5.41, 5.74) is -6.09. The van der Waals surface area contributed by atoms with Crippen molar-refractivity contribution in [1.82, 2.24) is 0 Å². The summed E-state index contributed by atoms with van der Waals surface area (Å²) in [6.45, 7) is 3.35. The minimum atomic E-state index is -5.99. The van der Waals surface area contributed by atoms with Gasteiger partial charge in [-0.2, -0.15) is 26.3 Å². The molecule has 4 nitrogen and oxygen atoms in total. The van der Waals surface area contributed by atoms with Gasteiger partial charge in [-0.25, -0.2) is 0 Å². The van der Waals surface area contributed by atoms with Crippen LogP contribution in [0.5, 0.6) is 5.75 Å². The molecule has 0 saturated heterocycles. The van der Waals surface area contributed by atoms with Crippen LogP contribution in [0.25, 0.3) is 0 Å². The van der Waals surface area contributed by atoms with E-state index >= 15 is 0 Å². The molecule has 0 saturated carbocycles. The van der Waals surface area contributed by atoms with Gasteiger partial charge in [0.15, 0.2) is 0 Å². The second-order valence-corrected chi connectivity index (χ2v) is 8.24. The van der Waals surface area contributed by atoms with Crippen molar-refractivity contribution in [3.05, 3.63) is 59.7 Å². The lowest BCUT2D eigenvalue weighted by molar-refractivity contribution is -0.376. The number of benzene rings is 2. The Balaban J connectivity index is 2.05. The zero-order valence-electron chi connectivity index (χ0n) is 17.9. The molecule has 0 aromatic heterocycles. The fraction of sp³-hybridized carbons (Fsp3) is 0.435. The van der Waals surface area contributed by atoms with Gasteiger partial charge in [0.05, 0.1) is 6.54 Å². The third-order valence-corrected chi connectivity index (χ3v) is 5.54. The Morgan fingerprint density at radius 2 is 1.64 bits per heavy atom. The van der Waals surface area contributed by atoms with Crippen LogP contribution in [0.15, 0.2) is 48.5 Å². The molecule has 1 aliphatic rings. The van der Waals surface area contributed by atoms with Crippen LogP contribution in [-0.4, -0.2) is 36.0 Å². The highest BCUT2D eigenvalue weighted by atomic mass is 19.4. The van der Waals surface area contributed by atoms with Crippen molar-refractivity contribution in [1.29, 1.82) is 0 Å². The van der Waals surface area contributed by atoms with Crippen LogP contribution in [-0.2, 0) is 16.8 Å². The van der Waals surface area contributed by atoms with Gasteiger partial charge >= 0.3 is 12.4 Å². The number of hydrogen-bond donors (Lipinski definition) is 1. The lowest BCUT2D eigenvalue weighted by Crippen LogP contribution is -2.54. The smallest absolute Gasteiger partial charge is 0.430 e. The molecule has 0 bridgehead atoms. The van der Waals surface area contributed by atoms with Crippen molar-refractivity contribution in [3.8, 4) is 5.75 Å². The molecule has 0 spiro atoms. The molecule has 1 aliphatic heterocycles. The fourth-order valence-corrected chi connectivity index (χ4v) is 3.78. The van der Waals surface area contributed by atoms with E-state index < -0.39 is 35.5 Å². The van der Waals surface area contributed by atoms with Crippen molar-refractivity contribution in [3.63, 3.8) is 0 Å². The largest absolute Gasteiger partial charge is 0.489 e. The number of fused-ring (bicyclic) bond motifs is 1. The SMILES string of the molecule is CC(C)C(=O)N1C[C@H](Oc2ccccc2)CCc2cc(C(O)(C(F)(F)F)C(F)(F)F)ccc21. The Hall–Kier alpha value is -2.75. The number of hydrogen-bond acceptors (Lipinski definition) is 3. The summed E-state index contributed by atoms with van der Waals surface area (Å²) < 4.78 is 86.1. The number of rotatable bonds is 4. The average molecular weight is 475 g/mol. The van der Waals surface area contributed by atoms with Gasteiger partial charge in [0.1, 0.15) is 11.9 Å². The quantitative estimate of drug-likeness (QED) is 0.604. The first-order chi connectivity index (χ1) is 15.3. The van der Waals surface area contributed by atoms with Gasteiger partial charge in [-0.3, -0.25) is 4.79 Å². The number of nitrogens with zero attached hydrogens (tertiary/aromatic N) is 1. The van der Waals surface area contributed by atoms with Gasteiger partial charge < -0.3 is 14.7 Å². The summed E-state index contributed by atoms with van der Waals surface area (Å²) in [6, 6.07) is 11.0. The number of amides is 1. The molecule has 0 unspecified atom stereocenters. The highest BCUT2D eigenvalue weighted by molar-refractivity contribution is 5.95. The van der Waals surface area contributed by atoms with Crippen LogP contribution in [0.4, 0.5) is 32.0 Å². The number of aryl methyl sites for hydroxylation is 1. The lowest BCUT2D eigenvalue weighted by atomic mass is 9.89. The zero-order chi connectivity index (χ0) is 24.6. The fourth-order valence-electron chi connectivity index (χ4n) is 3.78. The Labute approximate surface area is 186 Å². The van der Waals surface area contributed by atoms with Gasteiger partial charge in [0, 0.05) is 17.2 Å². The van der Waals surface area contributed by atoms with E-state index in [1.54, 1.807) is 44.2 Å². The first-order valence-electron chi connectivity index (χ1n) is 10.3. The number of aliphatic hydroxyl groups is 1. The van der Waals surface area contributed by atoms with E-state index in [0.29, 0.717) is 17.9 Å². The van der Waals surface area contributed by atoms with E-state index in [-0.39, 0.29) is 36.5 Å². The molecule has 0 radical (unpaired) electrons. The number of ether oxygens (including phenoxy) is 1. The van der Waals surface area contributed by atoms with Gasteiger partial charge in [-0.15, -0.1) is 0 Å². The van der Waals surface area contributed by atoms with Crippen molar-refractivity contribution < 1.29 is 41.0 Å². The molecule has 3 rings (SSSR count). The van der Waals surface area contributed by atoms with Gasteiger partial charge in [-0.1, -0.05) is 44.2 Å². The maximum atomic E-state index is 13.4. The van der Waals surface area contributed by atoms with Crippen LogP contribution < -0.4 is 9.64 Å². The molecular formula is C23H23F6NO3. The molecule has 1 N–H and O–H groups in total. The molecule has 0 fully saturated rings. The Morgan fingerprint density at radius 1 is 1.03 bits per heavy atom. The van der Waals surface area contributed by atoms with Crippen molar-refractivity contribution in [2.24, 2.45) is 5.92 Å². The van der Waals surface area contributed by atoms with Crippen LogP contribution in [0.3, 0.4) is 0 Å². The van der Waals surface area contributed by atoms with Gasteiger partial charge in [-0.05, 0) is 36.6 Å². The Bertz CT molecular complexity index is 974. The van der Waals surface area contributed by atoms with Crippen molar-refractivity contribution in [2.45, 2.75) is 50.7 Å². The predicted octanol–water partition coefficient (Wildman–Crippen LogP) is 5.38. The molecule has 180 valence electrons. The predicted molar refractivity (Wildman–Crippen MR) is 109 cm³/mol. The summed E-state index contributed by atoms with van der Waals surface area (Å²) in [4.78, 5) is 14.2. The number of carbonyl (C=O) groups excluding carboxylic acids is 1. The van der Waals surface area contributed by atoms with Crippen molar-refractivity contribution >= 4 is 11.6 Å². The normalized spacial score (nSPS) is 17.5. The summed E-state index contributed by atoms with van der Waals surface area (Å²) in [7, 11) is 0. The van der Waals surface area contributed by atoms with Crippen LogP contribution in [0, 0.1) is 5.92 Å². The standard InChI is InChI=1S/C23H23F6NO3/c1-14(2)20(31)30-13-18(33-17-6-4-3-5-7-17)10-8-15-12-16(9-11-19(15)30)21(32,22(24,25)26)23(27,28)29/h3-7,9,11-12,14,18,32H,8,10,13H2,1-2H3/t18-/m1/s1. The number of para-hydroxylation sites is 1. The number of anilines is 1. The highest BCUT2D eigenvalue weighted by Crippen LogP contribution is 2.50. The molecule has 0 aliphatic carbocycles. The van der Waals surface area contributed by atoms with E-state index in [1.807, 2.05) is 0 Å².